The van der Waals surface area contributed by atoms with Gasteiger partial charge >= 0.3 is 0 Å². The molecule has 0 saturated heterocycles. The minimum atomic E-state index is -0.645. The molecule has 5 rings (SSSR count). The van der Waals surface area contributed by atoms with Crippen LogP contribution in [0.4, 0.5) is 0 Å². The molecule has 5 aromatic rings. The molecule has 7 heteroatoms. The van der Waals surface area contributed by atoms with Crippen LogP contribution in [0, 0.1) is 0 Å². The predicted octanol–water partition coefficient (Wildman–Crippen LogP) is 1.65. The molecule has 0 fully saturated rings. The predicted molar refractivity (Wildman–Crippen MR) is 101 cm³/mol. The monoisotopic (exact) mass is 347 g/mol. The van der Waals surface area contributed by atoms with E-state index in [4.69, 9.17) is 0 Å². The number of aromatic amines is 2. The Balaban J connectivity index is 2.40. The molecule has 0 aliphatic rings. The van der Waals surface area contributed by atoms with E-state index in [-0.39, 0.29) is 27.6 Å². The summed E-state index contributed by atoms with van der Waals surface area (Å²) in [5.74, 6) is 0. The van der Waals surface area contributed by atoms with Gasteiger partial charge in [0, 0.05) is 22.3 Å². The second-order valence-corrected chi connectivity index (χ2v) is 6.77. The van der Waals surface area contributed by atoms with Crippen LogP contribution in [0.25, 0.3) is 43.4 Å². The first-order valence-electron chi connectivity index (χ1n) is 8.25. The molecule has 0 saturated carbocycles. The maximum absolute atomic E-state index is 12.6. The largest absolute Gasteiger partial charge is 0.337 e. The first kappa shape index (κ1) is 14.8. The van der Waals surface area contributed by atoms with Crippen molar-refractivity contribution < 1.29 is 0 Å². The Morgan fingerprint density at radius 1 is 0.731 bits per heavy atom. The van der Waals surface area contributed by atoms with Crippen molar-refractivity contribution in [1.82, 2.24) is 14.5 Å². The van der Waals surface area contributed by atoms with Crippen LogP contribution in [0.1, 0.15) is 19.9 Å². The van der Waals surface area contributed by atoms with Crippen LogP contribution in [0.2, 0.25) is 0 Å². The van der Waals surface area contributed by atoms with Crippen LogP contribution in [0.3, 0.4) is 0 Å². The van der Waals surface area contributed by atoms with E-state index in [1.807, 2.05) is 42.7 Å². The Kier molecular flexibility index (Phi) is 2.61. The lowest BCUT2D eigenvalue weighted by molar-refractivity contribution is 0.643. The van der Waals surface area contributed by atoms with Gasteiger partial charge in [0.1, 0.15) is 0 Å². The summed E-state index contributed by atoms with van der Waals surface area (Å²) < 4.78 is 1.94. The fourth-order valence-electron chi connectivity index (χ4n) is 4.15. The smallest absolute Gasteiger partial charge is 0.261 e. The molecule has 3 heterocycles. The zero-order valence-corrected chi connectivity index (χ0v) is 14.0. The molecule has 2 N–H and O–H groups in total. The third kappa shape index (κ3) is 1.53. The summed E-state index contributed by atoms with van der Waals surface area (Å²) >= 11 is 0. The van der Waals surface area contributed by atoms with Crippen molar-refractivity contribution in [2.75, 3.05) is 0 Å². The molecular weight excluding hydrogens is 334 g/mol. The van der Waals surface area contributed by atoms with Gasteiger partial charge in [-0.15, -0.1) is 0 Å². The van der Waals surface area contributed by atoms with E-state index in [1.54, 1.807) is 0 Å². The van der Waals surface area contributed by atoms with E-state index in [0.29, 0.717) is 10.9 Å². The number of fused-ring (bicyclic) bond motifs is 8. The molecule has 0 aliphatic heterocycles. The summed E-state index contributed by atoms with van der Waals surface area (Å²) in [6.45, 7) is 3.93. The van der Waals surface area contributed by atoms with Crippen LogP contribution in [-0.2, 0) is 0 Å². The van der Waals surface area contributed by atoms with Gasteiger partial charge in [-0.05, 0) is 19.9 Å². The van der Waals surface area contributed by atoms with Crippen molar-refractivity contribution in [3.8, 4) is 0 Å². The Bertz CT molecular complexity index is 1590. The van der Waals surface area contributed by atoms with Gasteiger partial charge in [0.25, 0.3) is 22.2 Å². The second-order valence-electron chi connectivity index (χ2n) is 6.77. The molecule has 0 unspecified atom stereocenters. The average Bonchev–Trinajstić information content (AvgIpc) is 3.17. The summed E-state index contributed by atoms with van der Waals surface area (Å²) in [5, 5.41) is 1.63. The summed E-state index contributed by atoms with van der Waals surface area (Å²) in [4.78, 5) is 54.4. The molecule has 0 bridgehead atoms. The molecule has 0 spiro atoms. The highest BCUT2D eigenvalue weighted by Crippen LogP contribution is 2.38. The number of nitrogens with zero attached hydrogens (tertiary/aromatic N) is 1. The van der Waals surface area contributed by atoms with E-state index in [2.05, 4.69) is 9.97 Å². The van der Waals surface area contributed by atoms with Gasteiger partial charge in [0.15, 0.2) is 0 Å². The Morgan fingerprint density at radius 2 is 1.23 bits per heavy atom. The highest BCUT2D eigenvalue weighted by Gasteiger charge is 2.26. The van der Waals surface area contributed by atoms with Gasteiger partial charge in [0.2, 0.25) is 0 Å². The molecule has 0 aliphatic carbocycles. The van der Waals surface area contributed by atoms with Crippen LogP contribution in [-0.4, -0.2) is 14.5 Å². The van der Waals surface area contributed by atoms with Gasteiger partial charge in [0.05, 0.1) is 27.1 Å². The van der Waals surface area contributed by atoms with Gasteiger partial charge in [-0.25, -0.2) is 0 Å². The van der Waals surface area contributed by atoms with Crippen molar-refractivity contribution in [1.29, 1.82) is 0 Å². The van der Waals surface area contributed by atoms with Gasteiger partial charge in [-0.3, -0.25) is 29.1 Å². The van der Waals surface area contributed by atoms with Crippen LogP contribution < -0.4 is 22.2 Å². The zero-order valence-electron chi connectivity index (χ0n) is 14.0. The first-order chi connectivity index (χ1) is 12.4. The van der Waals surface area contributed by atoms with E-state index in [9.17, 15) is 19.2 Å². The lowest BCUT2D eigenvalue weighted by Crippen LogP contribution is -2.08. The van der Waals surface area contributed by atoms with Crippen molar-refractivity contribution >= 4 is 43.4 Å². The number of benzene rings is 2. The number of rotatable bonds is 1. The molecule has 128 valence electrons. The van der Waals surface area contributed by atoms with Crippen LogP contribution >= 0.6 is 0 Å². The van der Waals surface area contributed by atoms with Crippen LogP contribution in [0.15, 0.2) is 43.4 Å². The number of H-pyrrole nitrogens is 2. The van der Waals surface area contributed by atoms with Crippen LogP contribution in [0.5, 0.6) is 0 Å². The fraction of sp³-hybridized carbons (Fsp3) is 0.158. The highest BCUT2D eigenvalue weighted by molar-refractivity contribution is 6.31. The van der Waals surface area contributed by atoms with E-state index in [1.165, 1.54) is 0 Å². The summed E-state index contributed by atoms with van der Waals surface area (Å²) in [6.07, 6.45) is 0. The number of para-hydroxylation sites is 1. The maximum atomic E-state index is 12.6. The zero-order chi connectivity index (χ0) is 18.3. The number of hydrogen-bond donors (Lipinski definition) is 2. The van der Waals surface area contributed by atoms with Crippen molar-refractivity contribution in [2.24, 2.45) is 0 Å². The van der Waals surface area contributed by atoms with E-state index >= 15 is 0 Å². The molecule has 0 amide bonds. The summed E-state index contributed by atoms with van der Waals surface area (Å²) in [5.41, 5.74) is -1.02. The van der Waals surface area contributed by atoms with Crippen molar-refractivity contribution in [3.63, 3.8) is 0 Å². The normalized spacial score (nSPS) is 12.4. The highest BCUT2D eigenvalue weighted by atomic mass is 16.2. The minimum absolute atomic E-state index is 0.00694. The molecule has 0 atom stereocenters. The molecule has 2 aromatic carbocycles. The summed E-state index contributed by atoms with van der Waals surface area (Å²) in [6, 6.07) is 7.44. The Labute approximate surface area is 144 Å². The Morgan fingerprint density at radius 3 is 1.85 bits per heavy atom. The van der Waals surface area contributed by atoms with Gasteiger partial charge in [-0.1, -0.05) is 18.2 Å². The quantitative estimate of drug-likeness (QED) is 0.481. The number of nitrogens with one attached hydrogen (secondary N) is 2. The maximum Gasteiger partial charge on any atom is 0.261 e. The average molecular weight is 347 g/mol. The Hall–Kier alpha value is -3.48. The third-order valence-corrected chi connectivity index (χ3v) is 5.03. The van der Waals surface area contributed by atoms with Crippen molar-refractivity contribution in [3.05, 3.63) is 65.7 Å². The molecule has 26 heavy (non-hydrogen) atoms. The van der Waals surface area contributed by atoms with Crippen molar-refractivity contribution in [2.45, 2.75) is 19.9 Å². The fourth-order valence-corrected chi connectivity index (χ4v) is 4.15. The molecular formula is C19H13N3O4. The number of hydrogen-bond acceptors (Lipinski definition) is 4. The topological polar surface area (TPSA) is 105 Å². The third-order valence-electron chi connectivity index (χ3n) is 5.03. The molecule has 3 aromatic heterocycles. The van der Waals surface area contributed by atoms with E-state index < -0.39 is 22.2 Å². The first-order valence-corrected chi connectivity index (χ1v) is 8.25. The molecule has 7 nitrogen and oxygen atoms in total. The number of aromatic nitrogens is 3. The standard InChI is InChI=1S/C19H13N3O4/c1-7(2)22-9-6-4-3-5-8(9)10-11-12(17(24)20-16(11)23)13-14(15(10)22)19(26)21-18(13)25/h3-7H,1-2H3,(H,20,23,24)(H,21,25,26). The SMILES string of the molecule is CC(C)n1c2ccccc2c2c3c(=O)[nH]c(=O)c3c3c(=O)[nH]c(=O)c3c21. The lowest BCUT2D eigenvalue weighted by atomic mass is 10.0. The van der Waals surface area contributed by atoms with Gasteiger partial charge < -0.3 is 4.57 Å². The lowest BCUT2D eigenvalue weighted by Gasteiger charge is -2.11. The second kappa shape index (κ2) is 4.57. The minimum Gasteiger partial charge on any atom is -0.337 e. The van der Waals surface area contributed by atoms with Gasteiger partial charge in [-0.2, -0.15) is 0 Å². The summed E-state index contributed by atoms with van der Waals surface area (Å²) in [7, 11) is 0. The van der Waals surface area contributed by atoms with E-state index in [0.717, 1.165) is 10.9 Å². The molecule has 0 radical (unpaired) electrons.